The molecule has 0 aromatic heterocycles. The number of ether oxygens (including phenoxy) is 1. The lowest BCUT2D eigenvalue weighted by molar-refractivity contribution is -0.385. The Morgan fingerprint density at radius 2 is 2.21 bits per heavy atom. The summed E-state index contributed by atoms with van der Waals surface area (Å²) in [5.41, 5.74) is 0.288. The first kappa shape index (κ1) is 15.7. The largest absolute Gasteiger partial charge is 0.374 e. The Morgan fingerprint density at radius 1 is 1.47 bits per heavy atom. The summed E-state index contributed by atoms with van der Waals surface area (Å²) >= 11 is 5.88. The summed E-state index contributed by atoms with van der Waals surface area (Å²) in [4.78, 5) is 10.3. The predicted octanol–water partition coefficient (Wildman–Crippen LogP) is 2.62. The first-order chi connectivity index (χ1) is 9.02. The second kappa shape index (κ2) is 7.98. The van der Waals surface area contributed by atoms with Crippen LogP contribution in [0.4, 0.5) is 14.5 Å². The fourth-order valence-corrected chi connectivity index (χ4v) is 1.66. The van der Waals surface area contributed by atoms with Crippen LogP contribution in [-0.2, 0) is 11.3 Å². The molecule has 0 amide bonds. The maximum absolute atomic E-state index is 11.8. The molecule has 5 nitrogen and oxygen atoms in total. The van der Waals surface area contributed by atoms with Crippen molar-refractivity contribution in [1.29, 1.82) is 0 Å². The van der Waals surface area contributed by atoms with E-state index >= 15 is 0 Å². The van der Waals surface area contributed by atoms with Gasteiger partial charge in [0, 0.05) is 19.2 Å². The monoisotopic (exact) mass is 294 g/mol. The van der Waals surface area contributed by atoms with Crippen molar-refractivity contribution in [2.24, 2.45) is 0 Å². The molecule has 1 aromatic rings. The van der Waals surface area contributed by atoms with Crippen molar-refractivity contribution in [2.45, 2.75) is 13.0 Å². The highest BCUT2D eigenvalue weighted by atomic mass is 35.5. The first-order valence-electron chi connectivity index (χ1n) is 5.50. The Bertz CT molecular complexity index is 432. The average molecular weight is 295 g/mol. The van der Waals surface area contributed by atoms with Crippen LogP contribution in [-0.4, -0.2) is 31.1 Å². The summed E-state index contributed by atoms with van der Waals surface area (Å²) in [6, 6.07) is 4.41. The van der Waals surface area contributed by atoms with Crippen LogP contribution in [0, 0.1) is 10.1 Å². The number of nitrogens with zero attached hydrogens (tertiary/aromatic N) is 1. The summed E-state index contributed by atoms with van der Waals surface area (Å²) in [6.07, 6.45) is -2.50. The van der Waals surface area contributed by atoms with Crippen molar-refractivity contribution in [1.82, 2.24) is 5.32 Å². The van der Waals surface area contributed by atoms with Crippen LogP contribution >= 0.6 is 11.6 Å². The Labute approximate surface area is 113 Å². The summed E-state index contributed by atoms with van der Waals surface area (Å²) < 4.78 is 28.2. The van der Waals surface area contributed by atoms with Crippen LogP contribution in [0.2, 0.25) is 5.02 Å². The van der Waals surface area contributed by atoms with E-state index in [9.17, 15) is 18.9 Å². The van der Waals surface area contributed by atoms with Gasteiger partial charge in [-0.1, -0.05) is 17.7 Å². The lowest BCUT2D eigenvalue weighted by Gasteiger charge is -2.08. The van der Waals surface area contributed by atoms with Crippen molar-refractivity contribution < 1.29 is 18.4 Å². The van der Waals surface area contributed by atoms with E-state index in [2.05, 4.69) is 10.1 Å². The third kappa shape index (κ3) is 5.46. The number of halogens is 3. The van der Waals surface area contributed by atoms with Crippen LogP contribution in [0.5, 0.6) is 0 Å². The molecular formula is C11H13ClF2N2O3. The van der Waals surface area contributed by atoms with Gasteiger partial charge in [-0.25, -0.2) is 8.78 Å². The van der Waals surface area contributed by atoms with Gasteiger partial charge in [0.25, 0.3) is 12.1 Å². The highest BCUT2D eigenvalue weighted by molar-refractivity contribution is 6.31. The quantitative estimate of drug-likeness (QED) is 0.455. The third-order valence-electron chi connectivity index (χ3n) is 2.26. The van der Waals surface area contributed by atoms with Crippen LogP contribution in [0.25, 0.3) is 0 Å². The maximum atomic E-state index is 11.8. The van der Waals surface area contributed by atoms with E-state index in [0.29, 0.717) is 12.1 Å². The molecule has 0 atom stereocenters. The topological polar surface area (TPSA) is 64.4 Å². The van der Waals surface area contributed by atoms with Gasteiger partial charge in [0.1, 0.15) is 6.61 Å². The van der Waals surface area contributed by atoms with E-state index in [1.807, 2.05) is 0 Å². The van der Waals surface area contributed by atoms with Gasteiger partial charge in [0.2, 0.25) is 0 Å². The van der Waals surface area contributed by atoms with Gasteiger partial charge in [-0.05, 0) is 6.07 Å². The van der Waals surface area contributed by atoms with Gasteiger partial charge >= 0.3 is 0 Å². The third-order valence-corrected chi connectivity index (χ3v) is 2.61. The van der Waals surface area contributed by atoms with Gasteiger partial charge in [0.05, 0.1) is 22.1 Å². The number of hydrogen-bond acceptors (Lipinski definition) is 4. The molecule has 0 aliphatic carbocycles. The average Bonchev–Trinajstić information content (AvgIpc) is 2.34. The van der Waals surface area contributed by atoms with Crippen molar-refractivity contribution >= 4 is 17.3 Å². The van der Waals surface area contributed by atoms with E-state index in [-0.39, 0.29) is 23.9 Å². The second-order valence-corrected chi connectivity index (χ2v) is 4.04. The smallest absolute Gasteiger partial charge is 0.275 e. The molecule has 0 unspecified atom stereocenters. The summed E-state index contributed by atoms with van der Waals surface area (Å²) in [5.74, 6) is 0. The number of nitro benzene ring substituents is 1. The Morgan fingerprint density at radius 3 is 2.84 bits per heavy atom. The molecular weight excluding hydrogens is 282 g/mol. The summed E-state index contributed by atoms with van der Waals surface area (Å²) in [5, 5.41) is 13.9. The van der Waals surface area contributed by atoms with Gasteiger partial charge in [-0.3, -0.25) is 10.1 Å². The lowest BCUT2D eigenvalue weighted by atomic mass is 10.2. The summed E-state index contributed by atoms with van der Waals surface area (Å²) in [6.45, 7) is -0.0420. The number of nitrogens with one attached hydrogen (secondary N) is 1. The Balaban J connectivity index is 2.43. The lowest BCUT2D eigenvalue weighted by Crippen LogP contribution is -2.21. The molecule has 0 bridgehead atoms. The van der Waals surface area contributed by atoms with Crippen molar-refractivity contribution in [2.75, 3.05) is 19.8 Å². The van der Waals surface area contributed by atoms with Gasteiger partial charge in [0.15, 0.2) is 0 Å². The molecule has 0 aliphatic heterocycles. The highest BCUT2D eigenvalue weighted by Crippen LogP contribution is 2.25. The van der Waals surface area contributed by atoms with E-state index in [1.54, 1.807) is 6.07 Å². The summed E-state index contributed by atoms with van der Waals surface area (Å²) in [7, 11) is 0. The van der Waals surface area contributed by atoms with Crippen LogP contribution < -0.4 is 5.32 Å². The zero-order chi connectivity index (χ0) is 14.3. The number of benzene rings is 1. The molecule has 1 rings (SSSR count). The molecule has 1 aromatic carbocycles. The fraction of sp³-hybridized carbons (Fsp3) is 0.455. The molecule has 0 radical (unpaired) electrons. The van der Waals surface area contributed by atoms with E-state index in [0.717, 1.165) is 0 Å². The van der Waals surface area contributed by atoms with Crippen molar-refractivity contribution in [3.63, 3.8) is 0 Å². The SMILES string of the molecule is O=[N+]([O-])c1cccc(Cl)c1CNCCOCC(F)F. The molecule has 0 saturated heterocycles. The number of nitro groups is 1. The van der Waals surface area contributed by atoms with Gasteiger partial charge in [-0.15, -0.1) is 0 Å². The molecule has 0 saturated carbocycles. The molecule has 0 fully saturated rings. The zero-order valence-electron chi connectivity index (χ0n) is 9.94. The minimum atomic E-state index is -2.50. The fourth-order valence-electron chi connectivity index (χ4n) is 1.42. The minimum absolute atomic E-state index is 0.0755. The van der Waals surface area contributed by atoms with Gasteiger partial charge < -0.3 is 10.1 Å². The standard InChI is InChI=1S/C11H13ClF2N2O3/c12-9-2-1-3-10(16(17)18)8(9)6-15-4-5-19-7-11(13)14/h1-3,11,15H,4-7H2. The van der Waals surface area contributed by atoms with Crippen LogP contribution in [0.3, 0.4) is 0 Å². The Hall–Kier alpha value is -1.31. The van der Waals surface area contributed by atoms with E-state index in [4.69, 9.17) is 11.6 Å². The first-order valence-corrected chi connectivity index (χ1v) is 5.88. The normalized spacial score (nSPS) is 10.9. The molecule has 0 heterocycles. The minimum Gasteiger partial charge on any atom is -0.374 e. The van der Waals surface area contributed by atoms with Crippen LogP contribution in [0.1, 0.15) is 5.56 Å². The Kier molecular flexibility index (Phi) is 6.61. The molecule has 1 N–H and O–H groups in total. The molecule has 8 heteroatoms. The number of rotatable bonds is 8. The number of alkyl halides is 2. The van der Waals surface area contributed by atoms with E-state index in [1.165, 1.54) is 12.1 Å². The number of hydrogen-bond donors (Lipinski definition) is 1. The highest BCUT2D eigenvalue weighted by Gasteiger charge is 2.15. The van der Waals surface area contributed by atoms with Gasteiger partial charge in [-0.2, -0.15) is 0 Å². The maximum Gasteiger partial charge on any atom is 0.275 e. The second-order valence-electron chi connectivity index (χ2n) is 3.64. The molecule has 0 spiro atoms. The molecule has 106 valence electrons. The molecule has 0 aliphatic rings. The predicted molar refractivity (Wildman–Crippen MR) is 66.6 cm³/mol. The zero-order valence-corrected chi connectivity index (χ0v) is 10.7. The van der Waals surface area contributed by atoms with E-state index < -0.39 is 18.0 Å². The van der Waals surface area contributed by atoms with Crippen molar-refractivity contribution in [3.8, 4) is 0 Å². The van der Waals surface area contributed by atoms with Crippen molar-refractivity contribution in [3.05, 3.63) is 38.9 Å². The molecule has 19 heavy (non-hydrogen) atoms. The van der Waals surface area contributed by atoms with Crippen LogP contribution in [0.15, 0.2) is 18.2 Å².